The number of amides is 1. The molecule has 8 heteroatoms. The Labute approximate surface area is 167 Å². The smallest absolute Gasteiger partial charge is 0.310 e. The first-order chi connectivity index (χ1) is 13.6. The number of carbonyl (C=O) groups is 2. The molecule has 1 amide bonds. The van der Waals surface area contributed by atoms with Crippen molar-refractivity contribution >= 4 is 33.4 Å². The number of thiophene rings is 1. The molecule has 2 aliphatic rings. The van der Waals surface area contributed by atoms with Crippen molar-refractivity contribution in [2.75, 3.05) is 19.7 Å². The Morgan fingerprint density at radius 2 is 2.11 bits per heavy atom. The van der Waals surface area contributed by atoms with Crippen molar-refractivity contribution in [3.63, 3.8) is 0 Å². The zero-order valence-electron chi connectivity index (χ0n) is 16.1. The van der Waals surface area contributed by atoms with Crippen LogP contribution in [0.1, 0.15) is 43.0 Å². The van der Waals surface area contributed by atoms with E-state index >= 15 is 0 Å². The molecule has 1 aliphatic heterocycles. The molecule has 1 aliphatic carbocycles. The minimum Gasteiger partial charge on any atom is -0.466 e. The predicted molar refractivity (Wildman–Crippen MR) is 106 cm³/mol. The molecule has 28 heavy (non-hydrogen) atoms. The van der Waals surface area contributed by atoms with Gasteiger partial charge in [0, 0.05) is 18.0 Å². The summed E-state index contributed by atoms with van der Waals surface area (Å²) >= 11 is 1.61. The highest BCUT2D eigenvalue weighted by Crippen LogP contribution is 2.33. The van der Waals surface area contributed by atoms with Crippen LogP contribution >= 0.6 is 11.3 Å². The molecule has 0 radical (unpaired) electrons. The molecule has 3 heterocycles. The highest BCUT2D eigenvalue weighted by atomic mass is 32.1. The maximum absolute atomic E-state index is 13.0. The number of likely N-dealkylation sites (tertiary alicyclic amines) is 1. The quantitative estimate of drug-likeness (QED) is 0.731. The SMILES string of the molecule is CCOC(=O)C1CCCN(C(=O)Cn2cnc3sc4c(c3c2=O)CCCC4)C1. The average molecular weight is 404 g/mol. The van der Waals surface area contributed by atoms with Gasteiger partial charge in [-0.3, -0.25) is 19.0 Å². The Kier molecular flexibility index (Phi) is 5.48. The van der Waals surface area contributed by atoms with Gasteiger partial charge in [-0.2, -0.15) is 0 Å². The Balaban J connectivity index is 1.53. The lowest BCUT2D eigenvalue weighted by Gasteiger charge is -2.31. The van der Waals surface area contributed by atoms with Crippen LogP contribution in [0.4, 0.5) is 0 Å². The summed E-state index contributed by atoms with van der Waals surface area (Å²) in [5, 5.41) is 0.693. The highest BCUT2D eigenvalue weighted by Gasteiger charge is 2.29. The van der Waals surface area contributed by atoms with E-state index in [2.05, 4.69) is 4.98 Å². The molecule has 1 unspecified atom stereocenters. The molecule has 0 N–H and O–H groups in total. The first-order valence-electron chi connectivity index (χ1n) is 10.0. The maximum atomic E-state index is 13.0. The van der Waals surface area contributed by atoms with E-state index in [4.69, 9.17) is 4.74 Å². The molecule has 0 aromatic carbocycles. The van der Waals surface area contributed by atoms with Crippen LogP contribution < -0.4 is 5.56 Å². The first kappa shape index (κ1) is 19.1. The van der Waals surface area contributed by atoms with Gasteiger partial charge in [-0.1, -0.05) is 0 Å². The van der Waals surface area contributed by atoms with E-state index in [1.807, 2.05) is 0 Å². The lowest BCUT2D eigenvalue weighted by Crippen LogP contribution is -2.45. The van der Waals surface area contributed by atoms with Crippen LogP contribution in [0.3, 0.4) is 0 Å². The summed E-state index contributed by atoms with van der Waals surface area (Å²) in [6, 6.07) is 0. The normalized spacial score (nSPS) is 19.5. The summed E-state index contributed by atoms with van der Waals surface area (Å²) in [6.07, 6.45) is 7.15. The number of fused-ring (bicyclic) bond motifs is 3. The number of hydrogen-bond donors (Lipinski definition) is 0. The topological polar surface area (TPSA) is 81.5 Å². The second-order valence-corrected chi connectivity index (χ2v) is 8.58. The molecule has 1 saturated heterocycles. The second kappa shape index (κ2) is 8.03. The molecule has 1 atom stereocenters. The third-order valence-corrected chi connectivity index (χ3v) is 6.84. The zero-order chi connectivity index (χ0) is 19.7. The monoisotopic (exact) mass is 403 g/mol. The lowest BCUT2D eigenvalue weighted by atomic mass is 9.97. The van der Waals surface area contributed by atoms with Crippen molar-refractivity contribution in [1.82, 2.24) is 14.5 Å². The van der Waals surface area contributed by atoms with E-state index in [1.165, 1.54) is 15.8 Å². The number of piperidine rings is 1. The second-order valence-electron chi connectivity index (χ2n) is 7.50. The van der Waals surface area contributed by atoms with Gasteiger partial charge < -0.3 is 9.64 Å². The van der Waals surface area contributed by atoms with E-state index in [-0.39, 0.29) is 29.9 Å². The Morgan fingerprint density at radius 3 is 2.93 bits per heavy atom. The van der Waals surface area contributed by atoms with Crippen LogP contribution in [0.25, 0.3) is 10.2 Å². The Morgan fingerprint density at radius 1 is 1.29 bits per heavy atom. The fourth-order valence-electron chi connectivity index (χ4n) is 4.20. The zero-order valence-corrected chi connectivity index (χ0v) is 16.9. The molecule has 150 valence electrons. The number of rotatable bonds is 4. The Hall–Kier alpha value is -2.22. The molecule has 0 bridgehead atoms. The summed E-state index contributed by atoms with van der Waals surface area (Å²) in [5.74, 6) is -0.676. The van der Waals surface area contributed by atoms with E-state index in [9.17, 15) is 14.4 Å². The van der Waals surface area contributed by atoms with Gasteiger partial charge >= 0.3 is 5.97 Å². The third kappa shape index (κ3) is 3.57. The largest absolute Gasteiger partial charge is 0.466 e. The van der Waals surface area contributed by atoms with E-state index < -0.39 is 0 Å². The molecular formula is C20H25N3O4S. The average Bonchev–Trinajstić information content (AvgIpc) is 3.09. The Bertz CT molecular complexity index is 964. The van der Waals surface area contributed by atoms with Gasteiger partial charge in [-0.05, 0) is 51.0 Å². The van der Waals surface area contributed by atoms with Crippen molar-refractivity contribution in [2.45, 2.75) is 52.0 Å². The fourth-order valence-corrected chi connectivity index (χ4v) is 5.42. The molecule has 0 saturated carbocycles. The van der Waals surface area contributed by atoms with Crippen LogP contribution in [0.15, 0.2) is 11.1 Å². The van der Waals surface area contributed by atoms with Crippen LogP contribution in [0.2, 0.25) is 0 Å². The minimum atomic E-state index is -0.279. The summed E-state index contributed by atoms with van der Waals surface area (Å²) in [4.78, 5) is 46.0. The van der Waals surface area contributed by atoms with Crippen LogP contribution in [0, 0.1) is 5.92 Å². The van der Waals surface area contributed by atoms with E-state index in [0.29, 0.717) is 25.1 Å². The molecule has 7 nitrogen and oxygen atoms in total. The molecule has 0 spiro atoms. The van der Waals surface area contributed by atoms with E-state index in [0.717, 1.165) is 48.9 Å². The van der Waals surface area contributed by atoms with Crippen LogP contribution in [-0.4, -0.2) is 46.0 Å². The van der Waals surface area contributed by atoms with Crippen molar-refractivity contribution in [1.29, 1.82) is 0 Å². The van der Waals surface area contributed by atoms with Gasteiger partial charge in [0.2, 0.25) is 5.91 Å². The van der Waals surface area contributed by atoms with Crippen LogP contribution in [-0.2, 0) is 33.7 Å². The van der Waals surface area contributed by atoms with Crippen molar-refractivity contribution in [3.8, 4) is 0 Å². The maximum Gasteiger partial charge on any atom is 0.310 e. The standard InChI is InChI=1S/C20H25N3O4S/c1-2-27-20(26)13-6-5-9-22(10-13)16(24)11-23-12-21-18-17(19(23)25)14-7-3-4-8-15(14)28-18/h12-13H,2-11H2,1H3. The molecular weight excluding hydrogens is 378 g/mol. The van der Waals surface area contributed by atoms with Gasteiger partial charge in [0.25, 0.3) is 5.56 Å². The third-order valence-electron chi connectivity index (χ3n) is 5.64. The summed E-state index contributed by atoms with van der Waals surface area (Å²) in [5.41, 5.74) is 1.00. The van der Waals surface area contributed by atoms with Crippen molar-refractivity contribution in [3.05, 3.63) is 27.1 Å². The van der Waals surface area contributed by atoms with Gasteiger partial charge in [-0.25, -0.2) is 4.98 Å². The minimum absolute atomic E-state index is 0.0397. The number of aromatic nitrogens is 2. The summed E-state index contributed by atoms with van der Waals surface area (Å²) < 4.78 is 6.51. The molecule has 1 fully saturated rings. The fraction of sp³-hybridized carbons (Fsp3) is 0.600. The molecule has 4 rings (SSSR count). The van der Waals surface area contributed by atoms with Crippen LogP contribution in [0.5, 0.6) is 0 Å². The molecule has 2 aromatic heterocycles. The summed E-state index contributed by atoms with van der Waals surface area (Å²) in [6.45, 7) is 3.04. The number of esters is 1. The van der Waals surface area contributed by atoms with Gasteiger partial charge in [0.1, 0.15) is 11.4 Å². The number of ether oxygens (including phenoxy) is 1. The van der Waals surface area contributed by atoms with Gasteiger partial charge in [0.15, 0.2) is 0 Å². The van der Waals surface area contributed by atoms with E-state index in [1.54, 1.807) is 23.2 Å². The number of carbonyl (C=O) groups excluding carboxylic acids is 2. The number of hydrogen-bond acceptors (Lipinski definition) is 6. The number of nitrogens with zero attached hydrogens (tertiary/aromatic N) is 3. The lowest BCUT2D eigenvalue weighted by molar-refractivity contribution is -0.151. The first-order valence-corrected chi connectivity index (χ1v) is 10.8. The van der Waals surface area contributed by atoms with Crippen molar-refractivity contribution < 1.29 is 14.3 Å². The van der Waals surface area contributed by atoms with Gasteiger partial charge in [-0.15, -0.1) is 11.3 Å². The van der Waals surface area contributed by atoms with Gasteiger partial charge in [0.05, 0.1) is 24.2 Å². The summed E-state index contributed by atoms with van der Waals surface area (Å²) in [7, 11) is 0. The highest BCUT2D eigenvalue weighted by molar-refractivity contribution is 7.18. The number of aryl methyl sites for hydroxylation is 2. The van der Waals surface area contributed by atoms with Crippen molar-refractivity contribution in [2.24, 2.45) is 5.92 Å². The molecule has 2 aromatic rings. The predicted octanol–water partition coefficient (Wildman–Crippen LogP) is 2.14.